The highest BCUT2D eigenvalue weighted by Crippen LogP contribution is 2.37. The van der Waals surface area contributed by atoms with Crippen LogP contribution in [0.15, 0.2) is 6.33 Å². The zero-order valence-electron chi connectivity index (χ0n) is 14.7. The molecule has 0 aromatic carbocycles. The van der Waals surface area contributed by atoms with Gasteiger partial charge < -0.3 is 25.0 Å². The Labute approximate surface area is 157 Å². The van der Waals surface area contributed by atoms with Gasteiger partial charge in [-0.05, 0) is 19.3 Å². The first-order chi connectivity index (χ1) is 13.3. The fourth-order valence-electron chi connectivity index (χ4n) is 3.63. The number of halogens is 3. The number of aliphatic hydroxyl groups is 3. The lowest BCUT2D eigenvalue weighted by Crippen LogP contribution is -2.33. The maximum Gasteiger partial charge on any atom is 0.435 e. The van der Waals surface area contributed by atoms with Gasteiger partial charge >= 0.3 is 6.18 Å². The number of rotatable bonds is 3. The normalized spacial score (nSPS) is 29.0. The van der Waals surface area contributed by atoms with Crippen molar-refractivity contribution in [3.05, 3.63) is 12.0 Å². The molecule has 4 heterocycles. The van der Waals surface area contributed by atoms with Gasteiger partial charge in [-0.2, -0.15) is 18.2 Å². The van der Waals surface area contributed by atoms with E-state index in [0.717, 1.165) is 30.2 Å². The summed E-state index contributed by atoms with van der Waals surface area (Å²) >= 11 is 0. The molecular formula is C16H20F3N5O4. The summed E-state index contributed by atoms with van der Waals surface area (Å²) in [5.74, 6) is -0.0620. The second-order valence-electron chi connectivity index (χ2n) is 6.97. The molecule has 154 valence electrons. The molecule has 0 bridgehead atoms. The van der Waals surface area contributed by atoms with E-state index in [-0.39, 0.29) is 11.6 Å². The van der Waals surface area contributed by atoms with Crippen LogP contribution in [0.4, 0.5) is 19.1 Å². The SMILES string of the molecule is OC[C@H]1O[C@@H](n2cnc3c(C(F)(F)F)nc(N4CCCCC4)nc32)[C@H](O)[C@@H]1O. The third-order valence-corrected chi connectivity index (χ3v) is 5.11. The van der Waals surface area contributed by atoms with E-state index >= 15 is 0 Å². The van der Waals surface area contributed by atoms with Crippen molar-refractivity contribution in [1.82, 2.24) is 19.5 Å². The number of ether oxygens (including phenoxy) is 1. The van der Waals surface area contributed by atoms with E-state index in [2.05, 4.69) is 15.0 Å². The molecule has 28 heavy (non-hydrogen) atoms. The number of fused-ring (bicyclic) bond motifs is 1. The molecule has 12 heteroatoms. The van der Waals surface area contributed by atoms with Crippen molar-refractivity contribution in [2.24, 2.45) is 0 Å². The molecule has 2 aromatic heterocycles. The van der Waals surface area contributed by atoms with Crippen molar-refractivity contribution in [2.45, 2.75) is 50.0 Å². The Morgan fingerprint density at radius 1 is 1.11 bits per heavy atom. The van der Waals surface area contributed by atoms with Crippen molar-refractivity contribution in [1.29, 1.82) is 0 Å². The van der Waals surface area contributed by atoms with Gasteiger partial charge in [0, 0.05) is 13.1 Å². The van der Waals surface area contributed by atoms with Crippen LogP contribution in [-0.4, -0.2) is 72.8 Å². The topological polar surface area (TPSA) is 117 Å². The quantitative estimate of drug-likeness (QED) is 0.676. The number of hydrogen-bond acceptors (Lipinski definition) is 8. The summed E-state index contributed by atoms with van der Waals surface area (Å²) < 4.78 is 47.3. The third kappa shape index (κ3) is 3.19. The lowest BCUT2D eigenvalue weighted by atomic mass is 10.1. The molecule has 2 fully saturated rings. The van der Waals surface area contributed by atoms with E-state index in [1.54, 1.807) is 4.90 Å². The van der Waals surface area contributed by atoms with Crippen LogP contribution in [-0.2, 0) is 10.9 Å². The Morgan fingerprint density at radius 2 is 1.82 bits per heavy atom. The van der Waals surface area contributed by atoms with E-state index in [1.807, 2.05) is 0 Å². The Hall–Kier alpha value is -2.02. The predicted molar refractivity (Wildman–Crippen MR) is 89.4 cm³/mol. The van der Waals surface area contributed by atoms with Crippen molar-refractivity contribution in [3.63, 3.8) is 0 Å². The Bertz CT molecular complexity index is 855. The van der Waals surface area contributed by atoms with Crippen molar-refractivity contribution in [2.75, 3.05) is 24.6 Å². The van der Waals surface area contributed by atoms with Gasteiger partial charge in [0.15, 0.2) is 17.6 Å². The van der Waals surface area contributed by atoms with E-state index < -0.39 is 48.5 Å². The zero-order valence-corrected chi connectivity index (χ0v) is 14.7. The number of hydrogen-bond donors (Lipinski definition) is 3. The summed E-state index contributed by atoms with van der Waals surface area (Å²) in [6.07, 6.45) is -6.18. The average molecular weight is 403 g/mol. The van der Waals surface area contributed by atoms with Gasteiger partial charge in [-0.3, -0.25) is 4.57 Å². The standard InChI is InChI=1S/C16H20F3N5O4/c17-16(18,19)12-9-13(22-15(21-12)23-4-2-1-3-5-23)24(7-20-9)14-11(27)10(26)8(6-25)28-14/h7-8,10-11,14,25-27H,1-6H2/t8-,10-,11-,14-/m1/s1. The summed E-state index contributed by atoms with van der Waals surface area (Å²) in [5, 5.41) is 29.4. The van der Waals surface area contributed by atoms with Gasteiger partial charge in [0.25, 0.3) is 0 Å². The van der Waals surface area contributed by atoms with E-state index in [0.29, 0.717) is 13.1 Å². The third-order valence-electron chi connectivity index (χ3n) is 5.11. The molecule has 0 aliphatic carbocycles. The molecule has 2 saturated heterocycles. The Morgan fingerprint density at radius 3 is 2.43 bits per heavy atom. The number of anilines is 1. The lowest BCUT2D eigenvalue weighted by molar-refractivity contribution is -0.139. The maximum absolute atomic E-state index is 13.6. The smallest absolute Gasteiger partial charge is 0.394 e. The highest BCUT2D eigenvalue weighted by atomic mass is 19.4. The van der Waals surface area contributed by atoms with Crippen LogP contribution in [0.1, 0.15) is 31.2 Å². The molecule has 9 nitrogen and oxygen atoms in total. The highest BCUT2D eigenvalue weighted by molar-refractivity contribution is 5.76. The van der Waals surface area contributed by atoms with Crippen LogP contribution in [0.5, 0.6) is 0 Å². The number of aromatic nitrogens is 4. The molecule has 0 spiro atoms. The van der Waals surface area contributed by atoms with Gasteiger partial charge in [0.05, 0.1) is 12.9 Å². The first kappa shape index (κ1) is 19.3. The number of piperidine rings is 1. The molecule has 0 saturated carbocycles. The molecule has 2 aromatic rings. The molecule has 2 aliphatic rings. The monoisotopic (exact) mass is 403 g/mol. The number of alkyl halides is 3. The van der Waals surface area contributed by atoms with Gasteiger partial charge in [-0.1, -0.05) is 0 Å². The van der Waals surface area contributed by atoms with Crippen LogP contribution in [0.3, 0.4) is 0 Å². The lowest BCUT2D eigenvalue weighted by Gasteiger charge is -2.27. The number of imidazole rings is 1. The van der Waals surface area contributed by atoms with E-state index in [9.17, 15) is 28.5 Å². The Balaban J connectivity index is 1.83. The summed E-state index contributed by atoms with van der Waals surface area (Å²) in [4.78, 5) is 13.5. The Kier molecular flexibility index (Phi) is 4.89. The van der Waals surface area contributed by atoms with Gasteiger partial charge in [-0.25, -0.2) is 9.97 Å². The molecule has 4 atom stereocenters. The molecule has 3 N–H and O–H groups in total. The van der Waals surface area contributed by atoms with Crippen molar-refractivity contribution in [3.8, 4) is 0 Å². The summed E-state index contributed by atoms with van der Waals surface area (Å²) in [7, 11) is 0. The van der Waals surface area contributed by atoms with Crippen LogP contribution in [0.25, 0.3) is 11.2 Å². The van der Waals surface area contributed by atoms with E-state index in [1.165, 1.54) is 0 Å². The minimum Gasteiger partial charge on any atom is -0.394 e. The maximum atomic E-state index is 13.6. The fraction of sp³-hybridized carbons (Fsp3) is 0.688. The van der Waals surface area contributed by atoms with Crippen LogP contribution in [0, 0.1) is 0 Å². The second-order valence-corrected chi connectivity index (χ2v) is 6.97. The van der Waals surface area contributed by atoms with Crippen molar-refractivity contribution < 1.29 is 33.2 Å². The van der Waals surface area contributed by atoms with Gasteiger partial charge in [0.2, 0.25) is 5.95 Å². The van der Waals surface area contributed by atoms with Gasteiger partial charge in [0.1, 0.15) is 23.8 Å². The summed E-state index contributed by atoms with van der Waals surface area (Å²) in [6.45, 7) is 0.540. The minimum absolute atomic E-state index is 0.0620. The van der Waals surface area contributed by atoms with Crippen LogP contribution >= 0.6 is 0 Å². The molecule has 0 amide bonds. The van der Waals surface area contributed by atoms with Crippen LogP contribution < -0.4 is 4.90 Å². The number of nitrogens with zero attached hydrogens (tertiary/aromatic N) is 5. The van der Waals surface area contributed by atoms with E-state index in [4.69, 9.17) is 4.74 Å². The minimum atomic E-state index is -4.74. The molecule has 2 aliphatic heterocycles. The molecule has 0 unspecified atom stereocenters. The summed E-state index contributed by atoms with van der Waals surface area (Å²) in [5.41, 5.74) is -1.78. The van der Waals surface area contributed by atoms with Crippen molar-refractivity contribution >= 4 is 17.1 Å². The largest absolute Gasteiger partial charge is 0.435 e. The van der Waals surface area contributed by atoms with Gasteiger partial charge in [-0.15, -0.1) is 0 Å². The average Bonchev–Trinajstić information content (AvgIpc) is 3.22. The second kappa shape index (κ2) is 7.10. The molecule has 4 rings (SSSR count). The number of aliphatic hydroxyl groups excluding tert-OH is 3. The van der Waals surface area contributed by atoms with Crippen LogP contribution in [0.2, 0.25) is 0 Å². The first-order valence-electron chi connectivity index (χ1n) is 9.00. The zero-order chi connectivity index (χ0) is 20.1. The molecular weight excluding hydrogens is 383 g/mol. The molecule has 0 radical (unpaired) electrons. The fourth-order valence-corrected chi connectivity index (χ4v) is 3.63. The summed E-state index contributed by atoms with van der Waals surface area (Å²) in [6, 6.07) is 0. The highest BCUT2D eigenvalue weighted by Gasteiger charge is 2.45. The first-order valence-corrected chi connectivity index (χ1v) is 9.00. The predicted octanol–water partition coefficient (Wildman–Crippen LogP) is 0.447.